The Labute approximate surface area is 127 Å². The number of fused-ring (bicyclic) bond motifs is 1. The highest BCUT2D eigenvalue weighted by atomic mass is 16.2. The Morgan fingerprint density at radius 3 is 2.76 bits per heavy atom. The molecule has 0 bridgehead atoms. The number of nitrogens with one attached hydrogen (secondary N) is 1. The van der Waals surface area contributed by atoms with E-state index in [0.717, 1.165) is 25.3 Å². The van der Waals surface area contributed by atoms with Crippen LogP contribution in [-0.4, -0.2) is 36.5 Å². The second-order valence-corrected chi connectivity index (χ2v) is 6.60. The molecule has 3 rings (SSSR count). The summed E-state index contributed by atoms with van der Waals surface area (Å²) in [5.74, 6) is 1.01. The van der Waals surface area contributed by atoms with Crippen molar-refractivity contribution in [2.75, 3.05) is 13.6 Å². The van der Waals surface area contributed by atoms with Crippen LogP contribution in [-0.2, 0) is 11.2 Å². The molecule has 3 unspecified atom stereocenters. The molecular weight excluding hydrogens is 260 g/mol. The molecule has 3 heteroatoms. The summed E-state index contributed by atoms with van der Waals surface area (Å²) >= 11 is 0. The van der Waals surface area contributed by atoms with Gasteiger partial charge in [-0.2, -0.15) is 0 Å². The van der Waals surface area contributed by atoms with Crippen LogP contribution in [0.2, 0.25) is 0 Å². The molecular formula is C18H26N2O. The number of likely N-dealkylation sites (N-methyl/N-ethyl adjacent to an activating group) is 1. The number of hydrogen-bond acceptors (Lipinski definition) is 2. The third-order valence-corrected chi connectivity index (χ3v) is 5.12. The fraction of sp³-hybridized carbons (Fsp3) is 0.611. The molecule has 0 spiro atoms. The van der Waals surface area contributed by atoms with Crippen molar-refractivity contribution < 1.29 is 4.79 Å². The maximum atomic E-state index is 12.6. The lowest BCUT2D eigenvalue weighted by molar-refractivity contribution is -0.131. The van der Waals surface area contributed by atoms with Crippen molar-refractivity contribution in [3.63, 3.8) is 0 Å². The molecule has 1 heterocycles. The first kappa shape index (κ1) is 14.6. The van der Waals surface area contributed by atoms with E-state index in [1.165, 1.54) is 31.2 Å². The lowest BCUT2D eigenvalue weighted by Crippen LogP contribution is -2.44. The highest BCUT2D eigenvalue weighted by Gasteiger charge is 2.38. The number of carbonyl (C=O) groups is 1. The van der Waals surface area contributed by atoms with E-state index in [0.29, 0.717) is 6.04 Å². The average molecular weight is 286 g/mol. The van der Waals surface area contributed by atoms with E-state index in [4.69, 9.17) is 0 Å². The van der Waals surface area contributed by atoms with E-state index in [1.54, 1.807) is 0 Å². The van der Waals surface area contributed by atoms with Crippen LogP contribution in [0.1, 0.15) is 37.7 Å². The van der Waals surface area contributed by atoms with Crippen LogP contribution < -0.4 is 5.32 Å². The summed E-state index contributed by atoms with van der Waals surface area (Å²) < 4.78 is 0. The molecule has 1 aromatic rings. The largest absolute Gasteiger partial charge is 0.344 e. The number of nitrogens with zero attached hydrogens (tertiary/aromatic N) is 1. The highest BCUT2D eigenvalue weighted by molar-refractivity contribution is 5.82. The van der Waals surface area contributed by atoms with Gasteiger partial charge in [0.25, 0.3) is 0 Å². The number of amides is 1. The zero-order valence-electron chi connectivity index (χ0n) is 12.9. The van der Waals surface area contributed by atoms with Gasteiger partial charge in [0, 0.05) is 19.6 Å². The van der Waals surface area contributed by atoms with Crippen molar-refractivity contribution in [1.29, 1.82) is 0 Å². The van der Waals surface area contributed by atoms with Gasteiger partial charge in [0.15, 0.2) is 0 Å². The van der Waals surface area contributed by atoms with Crippen molar-refractivity contribution in [2.24, 2.45) is 5.92 Å². The molecule has 1 saturated heterocycles. The smallest absolute Gasteiger partial charge is 0.239 e. The highest BCUT2D eigenvalue weighted by Crippen LogP contribution is 2.33. The Balaban J connectivity index is 1.50. The fourth-order valence-corrected chi connectivity index (χ4v) is 3.83. The summed E-state index contributed by atoms with van der Waals surface area (Å²) in [6.07, 6.45) is 7.19. The molecule has 3 atom stereocenters. The molecule has 0 aromatic heterocycles. The standard InChI is InChI=1S/C18H26N2O/c1-20(12-11-14-7-3-2-4-8-14)18(21)17-13-15-9-5-6-10-16(15)19-17/h2-4,7-8,15-17,19H,5-6,9-13H2,1H3. The van der Waals surface area contributed by atoms with E-state index < -0.39 is 0 Å². The first-order valence-electron chi connectivity index (χ1n) is 8.29. The lowest BCUT2D eigenvalue weighted by Gasteiger charge is -2.24. The number of hydrogen-bond donors (Lipinski definition) is 1. The maximum absolute atomic E-state index is 12.6. The minimum Gasteiger partial charge on any atom is -0.344 e. The summed E-state index contributed by atoms with van der Waals surface area (Å²) in [5.41, 5.74) is 1.30. The van der Waals surface area contributed by atoms with Crippen molar-refractivity contribution in [3.8, 4) is 0 Å². The number of carbonyl (C=O) groups excluding carboxylic acids is 1. The molecule has 2 fully saturated rings. The van der Waals surface area contributed by atoms with Gasteiger partial charge >= 0.3 is 0 Å². The van der Waals surface area contributed by atoms with Crippen molar-refractivity contribution in [2.45, 2.75) is 50.6 Å². The second kappa shape index (κ2) is 6.61. The molecule has 1 N–H and O–H groups in total. The Bertz CT molecular complexity index is 459. The van der Waals surface area contributed by atoms with Crippen LogP contribution in [0.4, 0.5) is 0 Å². The van der Waals surface area contributed by atoms with Crippen molar-refractivity contribution >= 4 is 5.91 Å². The first-order valence-corrected chi connectivity index (χ1v) is 8.29. The first-order chi connectivity index (χ1) is 10.2. The SMILES string of the molecule is CN(CCc1ccccc1)C(=O)C1CC2CCCCC2N1. The summed E-state index contributed by atoms with van der Waals surface area (Å²) in [5, 5.41) is 3.58. The van der Waals surface area contributed by atoms with Gasteiger partial charge in [-0.3, -0.25) is 4.79 Å². The van der Waals surface area contributed by atoms with E-state index in [-0.39, 0.29) is 11.9 Å². The molecule has 0 radical (unpaired) electrons. The number of rotatable bonds is 4. The molecule has 1 aliphatic carbocycles. The molecule has 114 valence electrons. The van der Waals surface area contributed by atoms with Crippen LogP contribution >= 0.6 is 0 Å². The summed E-state index contributed by atoms with van der Waals surface area (Å²) in [6, 6.07) is 11.0. The third kappa shape index (κ3) is 3.46. The molecule has 2 aliphatic rings. The van der Waals surface area contributed by atoms with Gasteiger partial charge < -0.3 is 10.2 Å². The average Bonchev–Trinajstić information content (AvgIpc) is 2.97. The predicted octanol–water partition coefficient (Wildman–Crippen LogP) is 2.61. The predicted molar refractivity (Wildman–Crippen MR) is 85.1 cm³/mol. The number of benzene rings is 1. The Hall–Kier alpha value is -1.35. The van der Waals surface area contributed by atoms with E-state index in [9.17, 15) is 4.79 Å². The molecule has 1 aliphatic heterocycles. The Morgan fingerprint density at radius 2 is 2.00 bits per heavy atom. The Kier molecular flexibility index (Phi) is 4.59. The normalized spacial score (nSPS) is 28.1. The van der Waals surface area contributed by atoms with Crippen LogP contribution in [0.15, 0.2) is 30.3 Å². The maximum Gasteiger partial charge on any atom is 0.239 e. The third-order valence-electron chi connectivity index (χ3n) is 5.12. The molecule has 1 aromatic carbocycles. The van der Waals surface area contributed by atoms with Crippen LogP contribution in [0.3, 0.4) is 0 Å². The van der Waals surface area contributed by atoms with Gasteiger partial charge in [0.1, 0.15) is 0 Å². The van der Waals surface area contributed by atoms with E-state index in [2.05, 4.69) is 29.6 Å². The minimum absolute atomic E-state index is 0.0545. The van der Waals surface area contributed by atoms with Crippen LogP contribution in [0, 0.1) is 5.92 Å². The van der Waals surface area contributed by atoms with Gasteiger partial charge in [-0.25, -0.2) is 0 Å². The van der Waals surface area contributed by atoms with Crippen molar-refractivity contribution in [3.05, 3.63) is 35.9 Å². The van der Waals surface area contributed by atoms with Crippen LogP contribution in [0.25, 0.3) is 0 Å². The lowest BCUT2D eigenvalue weighted by atomic mass is 9.85. The monoisotopic (exact) mass is 286 g/mol. The zero-order valence-corrected chi connectivity index (χ0v) is 12.9. The molecule has 1 saturated carbocycles. The second-order valence-electron chi connectivity index (χ2n) is 6.60. The molecule has 1 amide bonds. The summed E-state index contributed by atoms with van der Waals surface area (Å²) in [7, 11) is 1.94. The van der Waals surface area contributed by atoms with Gasteiger partial charge in [-0.15, -0.1) is 0 Å². The molecule has 21 heavy (non-hydrogen) atoms. The fourth-order valence-electron chi connectivity index (χ4n) is 3.83. The Morgan fingerprint density at radius 1 is 1.24 bits per heavy atom. The van der Waals surface area contributed by atoms with Gasteiger partial charge in [0.05, 0.1) is 6.04 Å². The summed E-state index contributed by atoms with van der Waals surface area (Å²) in [4.78, 5) is 14.5. The molecule has 3 nitrogen and oxygen atoms in total. The van der Waals surface area contributed by atoms with E-state index >= 15 is 0 Å². The van der Waals surface area contributed by atoms with Gasteiger partial charge in [-0.05, 0) is 37.2 Å². The van der Waals surface area contributed by atoms with Crippen molar-refractivity contribution in [1.82, 2.24) is 10.2 Å². The topological polar surface area (TPSA) is 32.3 Å². The quantitative estimate of drug-likeness (QED) is 0.923. The van der Waals surface area contributed by atoms with Gasteiger partial charge in [0.2, 0.25) is 5.91 Å². The van der Waals surface area contributed by atoms with Crippen LogP contribution in [0.5, 0.6) is 0 Å². The zero-order chi connectivity index (χ0) is 14.7. The minimum atomic E-state index is 0.0545. The summed E-state index contributed by atoms with van der Waals surface area (Å²) in [6.45, 7) is 0.802. The van der Waals surface area contributed by atoms with E-state index in [1.807, 2.05) is 18.0 Å². The van der Waals surface area contributed by atoms with Gasteiger partial charge in [-0.1, -0.05) is 43.2 Å².